The van der Waals surface area contributed by atoms with Gasteiger partial charge in [0.2, 0.25) is 0 Å². The van der Waals surface area contributed by atoms with Crippen LogP contribution in [-0.2, 0) is 9.53 Å². The van der Waals surface area contributed by atoms with Gasteiger partial charge in [0, 0.05) is 12.3 Å². The molecule has 4 fully saturated rings. The van der Waals surface area contributed by atoms with Crippen LogP contribution >= 0.6 is 0 Å². The Balaban J connectivity index is 1.67. The monoisotopic (exact) mass is 358 g/mol. The molecule has 0 aromatic carbocycles. The smallest absolute Gasteiger partial charge is 0.410 e. The summed E-state index contributed by atoms with van der Waals surface area (Å²) < 4.78 is 83.6. The zero-order valence-electron chi connectivity index (χ0n) is 13.3. The highest BCUT2D eigenvalue weighted by Crippen LogP contribution is 2.60. The van der Waals surface area contributed by atoms with E-state index in [0.717, 1.165) is 38.5 Å². The lowest BCUT2D eigenvalue weighted by Crippen LogP contribution is -2.58. The average Bonchev–Trinajstić information content (AvgIpc) is 2.41. The van der Waals surface area contributed by atoms with Gasteiger partial charge in [-0.15, -0.1) is 0 Å². The van der Waals surface area contributed by atoms with Crippen LogP contribution in [0.25, 0.3) is 0 Å². The largest absolute Gasteiger partial charge is 0.460 e. The van der Waals surface area contributed by atoms with E-state index in [9.17, 15) is 31.1 Å². The average molecular weight is 358 g/mol. The van der Waals surface area contributed by atoms with E-state index in [4.69, 9.17) is 0 Å². The van der Waals surface area contributed by atoms with E-state index in [1.807, 2.05) is 0 Å². The number of rotatable bonds is 5. The van der Waals surface area contributed by atoms with E-state index in [1.165, 1.54) is 0 Å². The molecule has 4 bridgehead atoms. The van der Waals surface area contributed by atoms with Crippen molar-refractivity contribution in [1.82, 2.24) is 0 Å². The van der Waals surface area contributed by atoms with Crippen molar-refractivity contribution in [3.05, 3.63) is 0 Å². The summed E-state index contributed by atoms with van der Waals surface area (Å²) >= 11 is 0. The van der Waals surface area contributed by atoms with Crippen LogP contribution in [0.1, 0.15) is 45.4 Å². The fourth-order valence-electron chi connectivity index (χ4n) is 5.18. The normalized spacial score (nSPS) is 36.0. The van der Waals surface area contributed by atoms with Gasteiger partial charge in [0.25, 0.3) is 0 Å². The van der Waals surface area contributed by atoms with Crippen molar-refractivity contribution in [3.8, 4) is 0 Å². The molecular formula is C16H20F6O2. The summed E-state index contributed by atoms with van der Waals surface area (Å²) in [6.07, 6.45) is 5.38. The summed E-state index contributed by atoms with van der Waals surface area (Å²) in [6, 6.07) is 0. The molecule has 0 aliphatic heterocycles. The van der Waals surface area contributed by atoms with Gasteiger partial charge in [0.1, 0.15) is 0 Å². The van der Waals surface area contributed by atoms with Gasteiger partial charge >= 0.3 is 23.7 Å². The van der Waals surface area contributed by atoms with Crippen LogP contribution in [0.15, 0.2) is 0 Å². The van der Waals surface area contributed by atoms with E-state index >= 15 is 0 Å². The lowest BCUT2D eigenvalue weighted by molar-refractivity contribution is -0.300. The second kappa shape index (κ2) is 5.27. The van der Waals surface area contributed by atoms with Gasteiger partial charge in [-0.3, -0.25) is 0 Å². The predicted molar refractivity (Wildman–Crippen MR) is 72.1 cm³/mol. The van der Waals surface area contributed by atoms with Crippen molar-refractivity contribution in [1.29, 1.82) is 0 Å². The first-order valence-corrected chi connectivity index (χ1v) is 8.17. The molecule has 0 atom stereocenters. The van der Waals surface area contributed by atoms with Gasteiger partial charge in [0.05, 0.1) is 6.61 Å². The molecule has 4 rings (SSSR count). The minimum absolute atomic E-state index is 0.340. The number of halogens is 6. The molecular weight excluding hydrogens is 338 g/mol. The zero-order chi connectivity index (χ0) is 18.0. The minimum atomic E-state index is -5.79. The molecule has 0 saturated heterocycles. The third kappa shape index (κ3) is 2.69. The second-order valence-corrected chi connectivity index (χ2v) is 8.03. The molecule has 2 nitrogen and oxygen atoms in total. The van der Waals surface area contributed by atoms with Crippen LogP contribution < -0.4 is 0 Å². The topological polar surface area (TPSA) is 26.3 Å². The number of carbonyl (C=O) groups excluding carboxylic acids is 1. The van der Waals surface area contributed by atoms with Gasteiger partial charge in [-0.1, -0.05) is 0 Å². The van der Waals surface area contributed by atoms with E-state index in [2.05, 4.69) is 4.74 Å². The molecule has 0 heterocycles. The molecule has 0 unspecified atom stereocenters. The Morgan fingerprint density at radius 1 is 0.958 bits per heavy atom. The Bertz CT molecular complexity index is 490. The molecule has 0 amide bonds. The summed E-state index contributed by atoms with van der Waals surface area (Å²) in [7, 11) is 0. The Labute approximate surface area is 135 Å². The van der Waals surface area contributed by atoms with Gasteiger partial charge in [-0.05, 0) is 56.3 Å². The molecule has 8 heteroatoms. The summed E-state index contributed by atoms with van der Waals surface area (Å²) in [5, 5.41) is 0. The molecule has 24 heavy (non-hydrogen) atoms. The van der Waals surface area contributed by atoms with Crippen molar-refractivity contribution in [3.63, 3.8) is 0 Å². The van der Waals surface area contributed by atoms with Gasteiger partial charge in [-0.25, -0.2) is 4.79 Å². The first kappa shape index (κ1) is 17.9. The number of esters is 1. The first-order valence-electron chi connectivity index (χ1n) is 8.17. The predicted octanol–water partition coefficient (Wildman–Crippen LogP) is 4.67. The first-order chi connectivity index (χ1) is 10.9. The maximum Gasteiger partial charge on any atom is 0.410 e. The summed E-state index contributed by atoms with van der Waals surface area (Å²) in [5.41, 5.74) is -0.454. The van der Waals surface area contributed by atoms with Crippen LogP contribution in [0.4, 0.5) is 26.3 Å². The van der Waals surface area contributed by atoms with E-state index in [0.29, 0.717) is 17.8 Å². The maximum absolute atomic E-state index is 13.5. The molecule has 0 spiro atoms. The summed E-state index contributed by atoms with van der Waals surface area (Å²) in [4.78, 5) is 11.5. The number of alkyl halides is 6. The van der Waals surface area contributed by atoms with Crippen LogP contribution in [0, 0.1) is 23.2 Å². The summed E-state index contributed by atoms with van der Waals surface area (Å²) in [5.74, 6) is -17.6. The Morgan fingerprint density at radius 2 is 1.38 bits per heavy atom. The molecule has 138 valence electrons. The maximum atomic E-state index is 13.5. The minimum Gasteiger partial charge on any atom is -0.460 e. The fraction of sp³-hybridized carbons (Fsp3) is 0.938. The van der Waals surface area contributed by atoms with Crippen LogP contribution in [0.2, 0.25) is 0 Å². The zero-order valence-corrected chi connectivity index (χ0v) is 13.3. The third-order valence-corrected chi connectivity index (χ3v) is 5.88. The highest BCUT2D eigenvalue weighted by molar-refractivity contribution is 5.79. The van der Waals surface area contributed by atoms with Crippen molar-refractivity contribution in [2.45, 2.75) is 63.2 Å². The van der Waals surface area contributed by atoms with Crippen molar-refractivity contribution < 1.29 is 35.9 Å². The third-order valence-electron chi connectivity index (χ3n) is 5.88. The van der Waals surface area contributed by atoms with Crippen LogP contribution in [0.3, 0.4) is 0 Å². The Hall–Kier alpha value is -0.950. The van der Waals surface area contributed by atoms with Crippen molar-refractivity contribution >= 4 is 5.97 Å². The molecule has 4 saturated carbocycles. The van der Waals surface area contributed by atoms with Gasteiger partial charge < -0.3 is 4.74 Å². The second-order valence-electron chi connectivity index (χ2n) is 8.03. The number of carbonyl (C=O) groups is 1. The SMILES string of the molecule is CC(F)(F)C(F)(F)C(F)(F)C(=O)OCC12CC3CC(CC(C3)C1)C2. The Kier molecular flexibility index (Phi) is 3.92. The molecule has 4 aliphatic carbocycles. The molecule has 0 N–H and O–H groups in total. The highest BCUT2D eigenvalue weighted by Gasteiger charge is 2.74. The molecule has 0 aromatic rings. The number of hydrogen-bond donors (Lipinski definition) is 0. The van der Waals surface area contributed by atoms with E-state index < -0.39 is 35.8 Å². The molecule has 4 aliphatic rings. The van der Waals surface area contributed by atoms with Crippen molar-refractivity contribution in [2.75, 3.05) is 6.61 Å². The lowest BCUT2D eigenvalue weighted by Gasteiger charge is -2.56. The van der Waals surface area contributed by atoms with E-state index in [1.54, 1.807) is 0 Å². The van der Waals surface area contributed by atoms with Crippen LogP contribution in [0.5, 0.6) is 0 Å². The quantitative estimate of drug-likeness (QED) is 0.527. The highest BCUT2D eigenvalue weighted by atomic mass is 19.3. The van der Waals surface area contributed by atoms with Gasteiger partial charge in [0.15, 0.2) is 0 Å². The van der Waals surface area contributed by atoms with Crippen molar-refractivity contribution in [2.24, 2.45) is 23.2 Å². The fourth-order valence-corrected chi connectivity index (χ4v) is 5.18. The number of ether oxygens (including phenoxy) is 1. The molecule has 0 radical (unpaired) electrons. The summed E-state index contributed by atoms with van der Waals surface area (Å²) in [6.45, 7) is -0.733. The van der Waals surface area contributed by atoms with Crippen LogP contribution in [-0.4, -0.2) is 30.3 Å². The Morgan fingerprint density at radius 3 is 1.75 bits per heavy atom. The van der Waals surface area contributed by atoms with E-state index in [-0.39, 0.29) is 6.92 Å². The molecule has 0 aromatic heterocycles. The lowest BCUT2D eigenvalue weighted by atomic mass is 9.50. The standard InChI is InChI=1S/C16H20F6O2/c1-13(17,18)16(21,22)15(19,20)12(23)24-8-14-5-9-2-10(6-14)4-11(3-9)7-14/h9-11H,2-8H2,1H3. The number of hydrogen-bond acceptors (Lipinski definition) is 2. The van der Waals surface area contributed by atoms with Gasteiger partial charge in [-0.2, -0.15) is 26.3 Å².